The van der Waals surface area contributed by atoms with Gasteiger partial charge in [0.05, 0.1) is 36.4 Å². The van der Waals surface area contributed by atoms with Crippen LogP contribution in [0.5, 0.6) is 5.75 Å². The molecule has 1 aliphatic heterocycles. The fourth-order valence-electron chi connectivity index (χ4n) is 3.29. The number of ether oxygens (including phenoxy) is 2. The predicted molar refractivity (Wildman–Crippen MR) is 108 cm³/mol. The molecule has 0 N–H and O–H groups in total. The fraction of sp³-hybridized carbons (Fsp3) is 0.333. The smallest absolute Gasteiger partial charge is 0.233 e. The van der Waals surface area contributed by atoms with Crippen LogP contribution in [0.25, 0.3) is 10.2 Å². The van der Waals surface area contributed by atoms with Gasteiger partial charge in [0.15, 0.2) is 5.13 Å². The summed E-state index contributed by atoms with van der Waals surface area (Å²) in [6.45, 7) is 1.17. The number of methoxy groups -OCH3 is 1. The minimum atomic E-state index is -0.307. The van der Waals surface area contributed by atoms with Crippen molar-refractivity contribution in [2.75, 3.05) is 25.2 Å². The van der Waals surface area contributed by atoms with Gasteiger partial charge in [0.25, 0.3) is 0 Å². The zero-order valence-corrected chi connectivity index (χ0v) is 16.4. The van der Waals surface area contributed by atoms with E-state index in [2.05, 4.69) is 4.98 Å². The van der Waals surface area contributed by atoms with Crippen LogP contribution < -0.4 is 9.64 Å². The van der Waals surface area contributed by atoms with Crippen LogP contribution in [0.3, 0.4) is 0 Å². The van der Waals surface area contributed by atoms with Gasteiger partial charge in [-0.3, -0.25) is 9.69 Å². The number of fused-ring (bicyclic) bond motifs is 1. The van der Waals surface area contributed by atoms with Crippen molar-refractivity contribution >= 4 is 32.6 Å². The molecule has 1 fully saturated rings. The van der Waals surface area contributed by atoms with Gasteiger partial charge < -0.3 is 9.47 Å². The average Bonchev–Trinajstić information content (AvgIpc) is 3.35. The number of hydrogen-bond donors (Lipinski definition) is 0. The van der Waals surface area contributed by atoms with E-state index in [0.29, 0.717) is 17.2 Å². The van der Waals surface area contributed by atoms with Crippen molar-refractivity contribution in [1.82, 2.24) is 4.98 Å². The first-order chi connectivity index (χ1) is 13.6. The topological polar surface area (TPSA) is 51.7 Å². The minimum Gasteiger partial charge on any atom is -0.497 e. The third kappa shape index (κ3) is 4.15. The van der Waals surface area contributed by atoms with E-state index in [1.807, 2.05) is 24.3 Å². The molecule has 146 valence electrons. The Morgan fingerprint density at radius 3 is 2.86 bits per heavy atom. The van der Waals surface area contributed by atoms with Crippen molar-refractivity contribution < 1.29 is 18.7 Å². The maximum atomic E-state index is 13.6. The monoisotopic (exact) mass is 400 g/mol. The molecule has 1 saturated heterocycles. The quantitative estimate of drug-likeness (QED) is 0.622. The summed E-state index contributed by atoms with van der Waals surface area (Å²) in [7, 11) is 1.61. The van der Waals surface area contributed by atoms with E-state index in [-0.39, 0.29) is 24.2 Å². The molecule has 4 rings (SSSR count). The molecule has 1 amide bonds. The Hall–Kier alpha value is -2.51. The van der Waals surface area contributed by atoms with Crippen LogP contribution in [-0.2, 0) is 16.0 Å². The Labute approximate surface area is 166 Å². The number of thiazole rings is 1. The second kappa shape index (κ2) is 8.24. The number of halogens is 1. The zero-order chi connectivity index (χ0) is 19.5. The Morgan fingerprint density at radius 2 is 2.14 bits per heavy atom. The van der Waals surface area contributed by atoms with Gasteiger partial charge >= 0.3 is 0 Å². The maximum Gasteiger partial charge on any atom is 0.233 e. The molecule has 1 aromatic heterocycles. The molecule has 1 atom stereocenters. The normalized spacial score (nSPS) is 16.4. The number of carbonyl (C=O) groups excluding carboxylic acids is 1. The zero-order valence-electron chi connectivity index (χ0n) is 15.6. The lowest BCUT2D eigenvalue weighted by molar-refractivity contribution is -0.118. The molecule has 2 heterocycles. The molecule has 5 nitrogen and oxygen atoms in total. The lowest BCUT2D eigenvalue weighted by Gasteiger charge is -2.23. The number of hydrogen-bond acceptors (Lipinski definition) is 5. The Morgan fingerprint density at radius 1 is 1.32 bits per heavy atom. The highest BCUT2D eigenvalue weighted by Crippen LogP contribution is 2.31. The van der Waals surface area contributed by atoms with Crippen molar-refractivity contribution in [1.29, 1.82) is 0 Å². The molecule has 0 saturated carbocycles. The molecule has 3 aromatic rings. The first-order valence-corrected chi connectivity index (χ1v) is 10.0. The Balaban J connectivity index is 1.60. The number of amides is 1. The van der Waals surface area contributed by atoms with E-state index in [0.717, 1.165) is 35.5 Å². The molecular formula is C21H21FN2O3S. The minimum absolute atomic E-state index is 0.00330. The van der Waals surface area contributed by atoms with Crippen LogP contribution >= 0.6 is 11.3 Å². The van der Waals surface area contributed by atoms with Gasteiger partial charge in [0, 0.05) is 6.61 Å². The summed E-state index contributed by atoms with van der Waals surface area (Å²) < 4.78 is 25.2. The molecule has 2 aromatic carbocycles. The molecule has 28 heavy (non-hydrogen) atoms. The lowest BCUT2D eigenvalue weighted by atomic mass is 10.1. The van der Waals surface area contributed by atoms with Crippen molar-refractivity contribution in [3.05, 3.63) is 53.8 Å². The molecule has 0 spiro atoms. The summed E-state index contributed by atoms with van der Waals surface area (Å²) in [5.41, 5.74) is 1.59. The highest BCUT2D eigenvalue weighted by molar-refractivity contribution is 7.22. The predicted octanol–water partition coefficient (Wildman–Crippen LogP) is 4.20. The number of anilines is 1. The van der Waals surface area contributed by atoms with Crippen LogP contribution in [0.2, 0.25) is 0 Å². The third-order valence-electron chi connectivity index (χ3n) is 4.80. The molecule has 0 bridgehead atoms. The number of nitrogens with zero attached hydrogens (tertiary/aromatic N) is 2. The largest absolute Gasteiger partial charge is 0.497 e. The highest BCUT2D eigenvalue weighted by atomic mass is 32.1. The summed E-state index contributed by atoms with van der Waals surface area (Å²) in [5, 5.41) is 0.578. The van der Waals surface area contributed by atoms with E-state index in [9.17, 15) is 9.18 Å². The lowest BCUT2D eigenvalue weighted by Crippen LogP contribution is -2.38. The van der Waals surface area contributed by atoms with E-state index in [4.69, 9.17) is 9.47 Å². The summed E-state index contributed by atoms with van der Waals surface area (Å²) in [6, 6.07) is 11.9. The summed E-state index contributed by atoms with van der Waals surface area (Å²) in [4.78, 5) is 19.4. The van der Waals surface area contributed by atoms with Gasteiger partial charge in [-0.25, -0.2) is 9.37 Å². The summed E-state index contributed by atoms with van der Waals surface area (Å²) in [6.07, 6.45) is 2.17. The van der Waals surface area contributed by atoms with Crippen molar-refractivity contribution in [3.8, 4) is 5.75 Å². The van der Waals surface area contributed by atoms with Crippen LogP contribution in [0.15, 0.2) is 42.5 Å². The number of benzene rings is 2. The van der Waals surface area contributed by atoms with Gasteiger partial charge in [-0.1, -0.05) is 23.5 Å². The number of aromatic nitrogens is 1. The first kappa shape index (κ1) is 18.8. The van der Waals surface area contributed by atoms with E-state index in [1.54, 1.807) is 18.1 Å². The SMILES string of the molecule is COc1ccc(CC(=O)N(CC2CCCO2)c2nc3ccc(F)cc3s2)cc1. The first-order valence-electron chi connectivity index (χ1n) is 9.23. The van der Waals surface area contributed by atoms with Gasteiger partial charge in [-0.05, 0) is 48.7 Å². The van der Waals surface area contributed by atoms with Gasteiger partial charge in [-0.15, -0.1) is 0 Å². The molecule has 0 aliphatic carbocycles. The molecule has 0 radical (unpaired) electrons. The number of carbonyl (C=O) groups is 1. The second-order valence-corrected chi connectivity index (χ2v) is 7.78. The third-order valence-corrected chi connectivity index (χ3v) is 5.84. The molecule has 1 aliphatic rings. The maximum absolute atomic E-state index is 13.6. The molecule has 7 heteroatoms. The highest BCUT2D eigenvalue weighted by Gasteiger charge is 2.26. The van der Waals surface area contributed by atoms with Gasteiger partial charge in [0.1, 0.15) is 11.6 Å². The van der Waals surface area contributed by atoms with Gasteiger partial charge in [0.2, 0.25) is 5.91 Å². The van der Waals surface area contributed by atoms with Crippen LogP contribution in [0.1, 0.15) is 18.4 Å². The van der Waals surface area contributed by atoms with E-state index < -0.39 is 0 Å². The Kier molecular flexibility index (Phi) is 5.54. The van der Waals surface area contributed by atoms with Crippen LogP contribution in [0, 0.1) is 5.82 Å². The molecular weight excluding hydrogens is 379 g/mol. The van der Waals surface area contributed by atoms with Crippen molar-refractivity contribution in [2.24, 2.45) is 0 Å². The van der Waals surface area contributed by atoms with Crippen molar-refractivity contribution in [2.45, 2.75) is 25.4 Å². The second-order valence-electron chi connectivity index (χ2n) is 6.77. The standard InChI is InChI=1S/C21H21FN2O3S/c1-26-16-7-4-14(5-8-16)11-20(25)24(13-17-3-2-10-27-17)21-23-18-9-6-15(22)12-19(18)28-21/h4-9,12,17H,2-3,10-11,13H2,1H3. The average molecular weight is 400 g/mol. The fourth-order valence-corrected chi connectivity index (χ4v) is 4.31. The Bertz CT molecular complexity index is 967. The summed E-state index contributed by atoms with van der Waals surface area (Å²) in [5.74, 6) is 0.388. The van der Waals surface area contributed by atoms with Crippen LogP contribution in [-0.4, -0.2) is 37.3 Å². The summed E-state index contributed by atoms with van der Waals surface area (Å²) >= 11 is 1.33. The van der Waals surface area contributed by atoms with E-state index in [1.165, 1.54) is 23.5 Å². The molecule has 1 unspecified atom stereocenters. The number of rotatable bonds is 6. The van der Waals surface area contributed by atoms with Crippen molar-refractivity contribution in [3.63, 3.8) is 0 Å². The van der Waals surface area contributed by atoms with E-state index >= 15 is 0 Å². The van der Waals surface area contributed by atoms with Gasteiger partial charge in [-0.2, -0.15) is 0 Å². The van der Waals surface area contributed by atoms with Crippen LogP contribution in [0.4, 0.5) is 9.52 Å².